The van der Waals surface area contributed by atoms with E-state index in [2.05, 4.69) is 32.6 Å². The molecule has 0 rings (SSSR count). The lowest BCUT2D eigenvalue weighted by Gasteiger charge is -2.31. The van der Waals surface area contributed by atoms with Gasteiger partial charge in [0.05, 0.1) is 6.10 Å². The summed E-state index contributed by atoms with van der Waals surface area (Å²) in [5.74, 6) is 0. The molecule has 89 valence electrons. The largest absolute Gasteiger partial charge is 0.488 e. The van der Waals surface area contributed by atoms with Gasteiger partial charge in [-0.3, -0.25) is 4.90 Å². The van der Waals surface area contributed by atoms with Crippen LogP contribution in [0, 0.1) is 0 Å². The average molecular weight is 214 g/mol. The molecule has 0 N–H and O–H groups in total. The lowest BCUT2D eigenvalue weighted by Crippen LogP contribution is -2.42. The van der Waals surface area contributed by atoms with Crippen LogP contribution in [0.25, 0.3) is 0 Å². The summed E-state index contributed by atoms with van der Waals surface area (Å²) in [7, 11) is 1.47. The minimum Gasteiger partial charge on any atom is -0.411 e. The van der Waals surface area contributed by atoms with Crippen LogP contribution in [-0.4, -0.2) is 43.9 Å². The maximum Gasteiger partial charge on any atom is 0.488 e. The number of nitrogens with zero attached hydrogens (tertiary/aromatic N) is 1. The summed E-state index contributed by atoms with van der Waals surface area (Å²) in [6.07, 6.45) is 0.338. The first kappa shape index (κ1) is 14.9. The molecule has 0 heterocycles. The van der Waals surface area contributed by atoms with Crippen LogP contribution in [0.3, 0.4) is 0 Å². The second kappa shape index (κ2) is 8.14. The molecule has 0 spiro atoms. The van der Waals surface area contributed by atoms with Crippen molar-refractivity contribution in [3.63, 3.8) is 0 Å². The van der Waals surface area contributed by atoms with Crippen molar-refractivity contribution in [3.8, 4) is 0 Å². The molecule has 0 saturated heterocycles. The van der Waals surface area contributed by atoms with E-state index in [1.54, 1.807) is 0 Å². The maximum atomic E-state index is 5.51. The quantitative estimate of drug-likeness (QED) is 0.577. The predicted octanol–water partition coefficient (Wildman–Crippen LogP) is 2.08. The molecule has 0 aliphatic rings. The smallest absolute Gasteiger partial charge is 0.411 e. The molecule has 0 aliphatic carbocycles. The van der Waals surface area contributed by atoms with Crippen LogP contribution >= 0.6 is 0 Å². The van der Waals surface area contributed by atoms with E-state index in [-0.39, 0.29) is 12.2 Å². The van der Waals surface area contributed by atoms with E-state index in [9.17, 15) is 0 Å². The fourth-order valence-corrected chi connectivity index (χ4v) is 1.44. The molecule has 0 aromatic carbocycles. The van der Waals surface area contributed by atoms with Crippen LogP contribution in [0.1, 0.15) is 41.5 Å². The van der Waals surface area contributed by atoms with Crippen LogP contribution in [-0.2, 0) is 9.31 Å². The first-order valence-electron chi connectivity index (χ1n) is 5.89. The number of rotatable bonds is 8. The standard InChI is InChI=1S/C11H25BNO2/c1-7-13(8-2)10(5)11(6)15-12-14-9(3)4/h9-11H,7-8H2,1-6H3. The molecule has 0 aliphatic heterocycles. The summed E-state index contributed by atoms with van der Waals surface area (Å²) >= 11 is 0. The van der Waals surface area contributed by atoms with Crippen molar-refractivity contribution in [3.05, 3.63) is 0 Å². The van der Waals surface area contributed by atoms with Crippen molar-refractivity contribution in [1.82, 2.24) is 4.90 Å². The van der Waals surface area contributed by atoms with Crippen molar-refractivity contribution >= 4 is 7.69 Å². The molecule has 0 aromatic heterocycles. The van der Waals surface area contributed by atoms with Crippen molar-refractivity contribution in [2.24, 2.45) is 0 Å². The molecule has 2 unspecified atom stereocenters. The van der Waals surface area contributed by atoms with E-state index in [1.807, 2.05) is 13.8 Å². The summed E-state index contributed by atoms with van der Waals surface area (Å²) in [4.78, 5) is 2.37. The van der Waals surface area contributed by atoms with E-state index < -0.39 is 0 Å². The Labute approximate surface area is 95.4 Å². The van der Waals surface area contributed by atoms with Crippen molar-refractivity contribution in [1.29, 1.82) is 0 Å². The summed E-state index contributed by atoms with van der Waals surface area (Å²) < 4.78 is 10.8. The zero-order valence-corrected chi connectivity index (χ0v) is 11.0. The fourth-order valence-electron chi connectivity index (χ4n) is 1.44. The molecule has 0 saturated carbocycles. The number of hydrogen-bond acceptors (Lipinski definition) is 3. The SMILES string of the molecule is CCN(CC)C(C)C(C)O[B]OC(C)C. The van der Waals surface area contributed by atoms with Gasteiger partial charge in [-0.1, -0.05) is 13.8 Å². The second-order valence-corrected chi connectivity index (χ2v) is 4.08. The van der Waals surface area contributed by atoms with Gasteiger partial charge >= 0.3 is 7.69 Å². The molecule has 15 heavy (non-hydrogen) atoms. The van der Waals surface area contributed by atoms with Gasteiger partial charge in [0, 0.05) is 12.1 Å². The van der Waals surface area contributed by atoms with Gasteiger partial charge in [-0.15, -0.1) is 0 Å². The lowest BCUT2D eigenvalue weighted by molar-refractivity contribution is 0.0710. The van der Waals surface area contributed by atoms with Crippen LogP contribution in [0.15, 0.2) is 0 Å². The summed E-state index contributed by atoms with van der Waals surface area (Å²) in [6.45, 7) is 14.7. The first-order valence-corrected chi connectivity index (χ1v) is 5.89. The molecule has 0 bridgehead atoms. The molecule has 1 radical (unpaired) electrons. The Morgan fingerprint density at radius 1 is 1.00 bits per heavy atom. The van der Waals surface area contributed by atoms with E-state index in [0.717, 1.165) is 13.1 Å². The Balaban J connectivity index is 3.81. The monoisotopic (exact) mass is 214 g/mol. The summed E-state index contributed by atoms with van der Waals surface area (Å²) in [5, 5.41) is 0. The lowest BCUT2D eigenvalue weighted by atomic mass is 10.1. The summed E-state index contributed by atoms with van der Waals surface area (Å²) in [5.41, 5.74) is 0. The Morgan fingerprint density at radius 2 is 1.53 bits per heavy atom. The van der Waals surface area contributed by atoms with E-state index >= 15 is 0 Å². The molecular formula is C11H25BNO2. The molecule has 0 fully saturated rings. The highest BCUT2D eigenvalue weighted by atomic mass is 16.6. The Bertz CT molecular complexity index is 152. The van der Waals surface area contributed by atoms with Gasteiger partial charge in [0.1, 0.15) is 0 Å². The third-order valence-electron chi connectivity index (χ3n) is 2.67. The van der Waals surface area contributed by atoms with E-state index in [1.165, 1.54) is 7.69 Å². The Hall–Kier alpha value is -0.0551. The Kier molecular flexibility index (Phi) is 8.11. The van der Waals surface area contributed by atoms with Gasteiger partial charge in [-0.2, -0.15) is 0 Å². The first-order chi connectivity index (χ1) is 7.02. The van der Waals surface area contributed by atoms with Crippen LogP contribution in [0.5, 0.6) is 0 Å². The fraction of sp³-hybridized carbons (Fsp3) is 1.00. The molecule has 3 nitrogen and oxygen atoms in total. The third-order valence-corrected chi connectivity index (χ3v) is 2.67. The predicted molar refractivity (Wildman–Crippen MR) is 64.9 cm³/mol. The minimum absolute atomic E-state index is 0.156. The van der Waals surface area contributed by atoms with Gasteiger partial charge in [0.25, 0.3) is 0 Å². The van der Waals surface area contributed by atoms with Crippen molar-refractivity contribution in [2.75, 3.05) is 13.1 Å². The average Bonchev–Trinajstić information content (AvgIpc) is 2.18. The zero-order valence-electron chi connectivity index (χ0n) is 11.0. The minimum atomic E-state index is 0.156. The highest BCUT2D eigenvalue weighted by Crippen LogP contribution is 2.06. The maximum absolute atomic E-state index is 5.51. The van der Waals surface area contributed by atoms with Crippen LogP contribution < -0.4 is 0 Å². The normalized spacial score (nSPS) is 15.7. The number of likely N-dealkylation sites (N-methyl/N-ethyl adjacent to an activating group) is 1. The van der Waals surface area contributed by atoms with Gasteiger partial charge in [0.15, 0.2) is 0 Å². The van der Waals surface area contributed by atoms with Crippen molar-refractivity contribution < 1.29 is 9.31 Å². The molecular weight excluding hydrogens is 189 g/mol. The van der Waals surface area contributed by atoms with E-state index in [0.29, 0.717) is 6.04 Å². The molecule has 2 atom stereocenters. The van der Waals surface area contributed by atoms with Crippen LogP contribution in [0.2, 0.25) is 0 Å². The topological polar surface area (TPSA) is 21.7 Å². The zero-order chi connectivity index (χ0) is 11.8. The van der Waals surface area contributed by atoms with Gasteiger partial charge in [-0.05, 0) is 40.8 Å². The van der Waals surface area contributed by atoms with Gasteiger partial charge < -0.3 is 9.31 Å². The van der Waals surface area contributed by atoms with E-state index in [4.69, 9.17) is 9.31 Å². The Morgan fingerprint density at radius 3 is 1.93 bits per heavy atom. The molecule has 0 amide bonds. The third kappa shape index (κ3) is 6.18. The van der Waals surface area contributed by atoms with Crippen LogP contribution in [0.4, 0.5) is 0 Å². The number of hydrogen-bond donors (Lipinski definition) is 0. The molecule has 0 aromatic rings. The van der Waals surface area contributed by atoms with Crippen molar-refractivity contribution in [2.45, 2.75) is 59.8 Å². The highest BCUT2D eigenvalue weighted by molar-refractivity contribution is 6.18. The summed E-state index contributed by atoms with van der Waals surface area (Å²) in [6, 6.07) is 0.409. The molecule has 4 heteroatoms. The van der Waals surface area contributed by atoms with Gasteiger partial charge in [-0.25, -0.2) is 0 Å². The van der Waals surface area contributed by atoms with Gasteiger partial charge in [0.2, 0.25) is 0 Å². The highest BCUT2D eigenvalue weighted by Gasteiger charge is 2.18. The second-order valence-electron chi connectivity index (χ2n) is 4.08.